The number of aromatic nitrogens is 1. The highest BCUT2D eigenvalue weighted by Gasteiger charge is 2.30. The first-order chi connectivity index (χ1) is 8.70. The number of hydrogen-bond donors (Lipinski definition) is 1. The Labute approximate surface area is 113 Å². The van der Waals surface area contributed by atoms with E-state index in [4.69, 9.17) is 5.73 Å². The minimum Gasteiger partial charge on any atom is -0.322 e. The fourth-order valence-corrected chi connectivity index (χ4v) is 4.27. The molecule has 1 saturated carbocycles. The smallest absolute Gasteiger partial charge is 0.109 e. The summed E-state index contributed by atoms with van der Waals surface area (Å²) >= 11 is 1.70. The Balaban J connectivity index is 1.61. The van der Waals surface area contributed by atoms with Gasteiger partial charge in [-0.1, -0.05) is 6.42 Å². The summed E-state index contributed by atoms with van der Waals surface area (Å²) in [6.45, 7) is 5.59. The van der Waals surface area contributed by atoms with E-state index in [-0.39, 0.29) is 6.04 Å². The van der Waals surface area contributed by atoms with E-state index in [0.29, 0.717) is 0 Å². The Bertz CT molecular complexity index is 389. The van der Waals surface area contributed by atoms with Crippen molar-refractivity contribution in [2.24, 2.45) is 17.6 Å². The van der Waals surface area contributed by atoms with Crippen molar-refractivity contribution in [2.75, 3.05) is 13.1 Å². The van der Waals surface area contributed by atoms with Gasteiger partial charge in [0.2, 0.25) is 0 Å². The topological polar surface area (TPSA) is 42.1 Å². The molecule has 3 rings (SSSR count). The van der Waals surface area contributed by atoms with Crippen LogP contribution < -0.4 is 5.73 Å². The third kappa shape index (κ3) is 2.76. The predicted octanol–water partition coefficient (Wildman–Crippen LogP) is 2.78. The van der Waals surface area contributed by atoms with E-state index in [2.05, 4.69) is 15.3 Å². The first-order valence-electron chi connectivity index (χ1n) is 7.13. The lowest BCUT2D eigenvalue weighted by molar-refractivity contribution is 0.0800. The zero-order valence-electron chi connectivity index (χ0n) is 11.1. The van der Waals surface area contributed by atoms with E-state index in [1.165, 1.54) is 44.5 Å². The molecule has 1 aromatic heterocycles. The van der Waals surface area contributed by atoms with Crippen LogP contribution in [0.5, 0.6) is 0 Å². The molecular formula is C14H23N3S. The van der Waals surface area contributed by atoms with Crippen molar-refractivity contribution in [1.29, 1.82) is 0 Å². The van der Waals surface area contributed by atoms with Gasteiger partial charge in [0.1, 0.15) is 5.01 Å². The Kier molecular flexibility index (Phi) is 3.68. The van der Waals surface area contributed by atoms with Crippen molar-refractivity contribution in [1.82, 2.24) is 9.88 Å². The van der Waals surface area contributed by atoms with Gasteiger partial charge in [0.25, 0.3) is 0 Å². The van der Waals surface area contributed by atoms with Crippen LogP contribution in [0.1, 0.15) is 49.4 Å². The number of thiazole rings is 1. The second-order valence-corrected chi connectivity index (χ2v) is 6.95. The monoisotopic (exact) mass is 265 g/mol. The molecule has 3 unspecified atom stereocenters. The summed E-state index contributed by atoms with van der Waals surface area (Å²) in [5.41, 5.74) is 7.08. The van der Waals surface area contributed by atoms with Gasteiger partial charge in [-0.05, 0) is 38.0 Å². The second-order valence-electron chi connectivity index (χ2n) is 6.06. The third-order valence-corrected chi connectivity index (χ3v) is 5.36. The van der Waals surface area contributed by atoms with Gasteiger partial charge in [-0.2, -0.15) is 0 Å². The summed E-state index contributed by atoms with van der Waals surface area (Å²) in [7, 11) is 0. The zero-order valence-corrected chi connectivity index (χ0v) is 12.0. The molecule has 2 heterocycles. The van der Waals surface area contributed by atoms with Crippen LogP contribution in [0.15, 0.2) is 5.38 Å². The maximum absolute atomic E-state index is 5.87. The maximum Gasteiger partial charge on any atom is 0.109 e. The van der Waals surface area contributed by atoms with E-state index < -0.39 is 0 Å². The molecule has 18 heavy (non-hydrogen) atoms. The molecular weight excluding hydrogens is 242 g/mol. The zero-order chi connectivity index (χ0) is 12.5. The van der Waals surface area contributed by atoms with Crippen molar-refractivity contribution in [3.05, 3.63) is 16.1 Å². The Morgan fingerprint density at radius 2 is 2.17 bits per heavy atom. The summed E-state index contributed by atoms with van der Waals surface area (Å²) in [5.74, 6) is 1.90. The highest BCUT2D eigenvalue weighted by atomic mass is 32.1. The molecule has 0 amide bonds. The van der Waals surface area contributed by atoms with Gasteiger partial charge in [0, 0.05) is 25.0 Å². The summed E-state index contributed by atoms with van der Waals surface area (Å²) < 4.78 is 0. The minimum absolute atomic E-state index is 0.0736. The van der Waals surface area contributed by atoms with E-state index in [9.17, 15) is 0 Å². The van der Waals surface area contributed by atoms with Crippen molar-refractivity contribution in [3.63, 3.8) is 0 Å². The van der Waals surface area contributed by atoms with Crippen molar-refractivity contribution < 1.29 is 0 Å². The molecule has 0 spiro atoms. The number of likely N-dealkylation sites (tertiary alicyclic amines) is 1. The standard InChI is InChI=1S/C14H23N3S/c1-10(15)14-16-13(9-18-14)8-17-6-11-3-2-4-12(5-11)7-17/h9-12H,2-8,15H2,1H3. The molecule has 2 bridgehead atoms. The third-order valence-electron chi connectivity index (χ3n) is 4.27. The van der Waals surface area contributed by atoms with Gasteiger partial charge in [-0.15, -0.1) is 11.3 Å². The van der Waals surface area contributed by atoms with Crippen LogP contribution in [-0.2, 0) is 6.54 Å². The Hall–Kier alpha value is -0.450. The minimum atomic E-state index is 0.0736. The number of hydrogen-bond acceptors (Lipinski definition) is 4. The molecule has 100 valence electrons. The average Bonchev–Trinajstić information content (AvgIpc) is 2.77. The summed E-state index contributed by atoms with van der Waals surface area (Å²) in [4.78, 5) is 7.26. The fourth-order valence-electron chi connectivity index (χ4n) is 3.50. The number of piperidine rings is 1. The van der Waals surface area contributed by atoms with Gasteiger partial charge in [0.15, 0.2) is 0 Å². The fraction of sp³-hybridized carbons (Fsp3) is 0.786. The first-order valence-corrected chi connectivity index (χ1v) is 8.01. The lowest BCUT2D eigenvalue weighted by Gasteiger charge is -2.41. The molecule has 1 aliphatic heterocycles. The van der Waals surface area contributed by atoms with Gasteiger partial charge in [0.05, 0.1) is 11.7 Å². The van der Waals surface area contributed by atoms with Crippen LogP contribution in [0.4, 0.5) is 0 Å². The van der Waals surface area contributed by atoms with Crippen LogP contribution in [-0.4, -0.2) is 23.0 Å². The number of fused-ring (bicyclic) bond motifs is 2. The van der Waals surface area contributed by atoms with E-state index in [1.807, 2.05) is 6.92 Å². The van der Waals surface area contributed by atoms with Gasteiger partial charge >= 0.3 is 0 Å². The predicted molar refractivity (Wildman–Crippen MR) is 75.4 cm³/mol. The van der Waals surface area contributed by atoms with Crippen molar-refractivity contribution >= 4 is 11.3 Å². The molecule has 1 saturated heterocycles. The van der Waals surface area contributed by atoms with Crippen LogP contribution in [0.25, 0.3) is 0 Å². The summed E-state index contributed by atoms with van der Waals surface area (Å²) in [6, 6.07) is 0.0736. The molecule has 2 aliphatic rings. The maximum atomic E-state index is 5.87. The molecule has 3 atom stereocenters. The molecule has 3 nitrogen and oxygen atoms in total. The first kappa shape index (κ1) is 12.6. The molecule has 1 aliphatic carbocycles. The normalized spacial score (nSPS) is 30.3. The van der Waals surface area contributed by atoms with Crippen LogP contribution in [0.2, 0.25) is 0 Å². The number of rotatable bonds is 3. The number of nitrogens with zero attached hydrogens (tertiary/aromatic N) is 2. The highest BCUT2D eigenvalue weighted by molar-refractivity contribution is 7.09. The Morgan fingerprint density at radius 3 is 2.78 bits per heavy atom. The largest absolute Gasteiger partial charge is 0.322 e. The number of nitrogens with two attached hydrogens (primary N) is 1. The van der Waals surface area contributed by atoms with Crippen molar-refractivity contribution in [3.8, 4) is 0 Å². The Morgan fingerprint density at radius 1 is 1.44 bits per heavy atom. The van der Waals surface area contributed by atoms with E-state index >= 15 is 0 Å². The molecule has 4 heteroatoms. The molecule has 2 N–H and O–H groups in total. The second kappa shape index (κ2) is 5.27. The van der Waals surface area contributed by atoms with Crippen LogP contribution in [0, 0.1) is 11.8 Å². The van der Waals surface area contributed by atoms with Gasteiger partial charge < -0.3 is 5.73 Å². The molecule has 0 aromatic carbocycles. The molecule has 2 fully saturated rings. The molecule has 1 aromatic rings. The van der Waals surface area contributed by atoms with E-state index in [0.717, 1.165) is 23.4 Å². The van der Waals surface area contributed by atoms with Gasteiger partial charge in [-0.25, -0.2) is 4.98 Å². The SMILES string of the molecule is CC(N)c1nc(CN2CC3CCCC(C3)C2)cs1. The lowest BCUT2D eigenvalue weighted by Crippen LogP contribution is -2.42. The van der Waals surface area contributed by atoms with Crippen LogP contribution in [0.3, 0.4) is 0 Å². The summed E-state index contributed by atoms with van der Waals surface area (Å²) in [5, 5.41) is 3.26. The summed E-state index contributed by atoms with van der Waals surface area (Å²) in [6.07, 6.45) is 5.80. The van der Waals surface area contributed by atoms with Crippen molar-refractivity contribution in [2.45, 2.75) is 45.2 Å². The average molecular weight is 265 g/mol. The van der Waals surface area contributed by atoms with Crippen LogP contribution >= 0.6 is 11.3 Å². The highest BCUT2D eigenvalue weighted by Crippen LogP contribution is 2.34. The van der Waals surface area contributed by atoms with E-state index in [1.54, 1.807) is 11.3 Å². The molecule has 0 radical (unpaired) electrons. The quantitative estimate of drug-likeness (QED) is 0.914. The lowest BCUT2D eigenvalue weighted by atomic mass is 9.78. The van der Waals surface area contributed by atoms with Gasteiger partial charge in [-0.3, -0.25) is 4.90 Å².